The highest BCUT2D eigenvalue weighted by Crippen LogP contribution is 2.35. The summed E-state index contributed by atoms with van der Waals surface area (Å²) < 4.78 is 5.71. The van der Waals surface area contributed by atoms with Gasteiger partial charge in [-0.3, -0.25) is 4.79 Å². The van der Waals surface area contributed by atoms with Crippen LogP contribution in [0, 0.1) is 17.8 Å². The van der Waals surface area contributed by atoms with Crippen LogP contribution < -0.4 is 5.32 Å². The molecule has 1 aliphatic carbocycles. The lowest BCUT2D eigenvalue weighted by molar-refractivity contribution is -0.158. The molecule has 2 fully saturated rings. The summed E-state index contributed by atoms with van der Waals surface area (Å²) in [6.45, 7) is 6.60. The number of ether oxygens (including phenoxy) is 1. The first kappa shape index (κ1) is 14.4. The van der Waals surface area contributed by atoms with Crippen LogP contribution in [0.4, 0.5) is 0 Å². The molecule has 2 aliphatic rings. The van der Waals surface area contributed by atoms with Gasteiger partial charge in [0.1, 0.15) is 12.1 Å². The van der Waals surface area contributed by atoms with Gasteiger partial charge in [-0.1, -0.05) is 27.2 Å². The van der Waals surface area contributed by atoms with Crippen molar-refractivity contribution in [3.05, 3.63) is 0 Å². The van der Waals surface area contributed by atoms with Crippen LogP contribution in [0.1, 0.15) is 52.9 Å². The maximum Gasteiger partial charge on any atom is 0.328 e. The molecule has 0 unspecified atom stereocenters. The fourth-order valence-electron chi connectivity index (χ4n) is 3.27. The SMILES string of the molecule is CC(C)[C@@H]1CC[C@@H](C)C[C@H]1OC(=O)[C@@H]1CCC(=O)N1. The molecule has 108 valence electrons. The summed E-state index contributed by atoms with van der Waals surface area (Å²) >= 11 is 0. The van der Waals surface area contributed by atoms with Gasteiger partial charge in [0.15, 0.2) is 0 Å². The van der Waals surface area contributed by atoms with Crippen molar-refractivity contribution >= 4 is 11.9 Å². The first-order chi connectivity index (χ1) is 8.97. The van der Waals surface area contributed by atoms with Crippen molar-refractivity contribution in [2.45, 2.75) is 65.0 Å². The van der Waals surface area contributed by atoms with E-state index in [1.165, 1.54) is 6.42 Å². The minimum absolute atomic E-state index is 0.0220. The molecule has 0 aromatic rings. The van der Waals surface area contributed by atoms with Crippen LogP contribution in [0.5, 0.6) is 0 Å². The van der Waals surface area contributed by atoms with Crippen LogP contribution in [0.2, 0.25) is 0 Å². The van der Waals surface area contributed by atoms with Crippen molar-refractivity contribution in [2.75, 3.05) is 0 Å². The Kier molecular flexibility index (Phi) is 4.48. The fraction of sp³-hybridized carbons (Fsp3) is 0.867. The molecule has 4 nitrogen and oxygen atoms in total. The van der Waals surface area contributed by atoms with Gasteiger partial charge in [-0.15, -0.1) is 0 Å². The van der Waals surface area contributed by atoms with Gasteiger partial charge in [0.25, 0.3) is 0 Å². The van der Waals surface area contributed by atoms with Crippen molar-refractivity contribution in [3.8, 4) is 0 Å². The third kappa shape index (κ3) is 3.48. The lowest BCUT2D eigenvalue weighted by atomic mass is 9.75. The quantitative estimate of drug-likeness (QED) is 0.798. The maximum absolute atomic E-state index is 12.1. The third-order valence-electron chi connectivity index (χ3n) is 4.51. The van der Waals surface area contributed by atoms with Gasteiger partial charge in [-0.25, -0.2) is 4.79 Å². The second-order valence-electron chi connectivity index (χ2n) is 6.46. The Morgan fingerprint density at radius 3 is 2.63 bits per heavy atom. The Hall–Kier alpha value is -1.06. The number of carbonyl (C=O) groups is 2. The number of carbonyl (C=O) groups excluding carboxylic acids is 2. The molecule has 4 atom stereocenters. The summed E-state index contributed by atoms with van der Waals surface area (Å²) in [5.41, 5.74) is 0. The third-order valence-corrected chi connectivity index (χ3v) is 4.51. The number of hydrogen-bond donors (Lipinski definition) is 1. The van der Waals surface area contributed by atoms with E-state index in [2.05, 4.69) is 26.1 Å². The number of rotatable bonds is 3. The first-order valence-electron chi connectivity index (χ1n) is 7.47. The van der Waals surface area contributed by atoms with E-state index in [-0.39, 0.29) is 18.0 Å². The molecular weight excluding hydrogens is 242 g/mol. The summed E-state index contributed by atoms with van der Waals surface area (Å²) in [7, 11) is 0. The summed E-state index contributed by atoms with van der Waals surface area (Å²) in [6, 6.07) is -0.419. The topological polar surface area (TPSA) is 55.4 Å². The number of nitrogens with one attached hydrogen (secondary N) is 1. The normalized spacial score (nSPS) is 35.3. The van der Waals surface area contributed by atoms with E-state index in [4.69, 9.17) is 4.74 Å². The van der Waals surface area contributed by atoms with Gasteiger partial charge in [0, 0.05) is 6.42 Å². The van der Waals surface area contributed by atoms with Gasteiger partial charge in [-0.05, 0) is 37.0 Å². The molecule has 0 aromatic carbocycles. The second-order valence-corrected chi connectivity index (χ2v) is 6.46. The molecule has 4 heteroatoms. The molecule has 0 bridgehead atoms. The highest BCUT2D eigenvalue weighted by Gasteiger charge is 2.36. The van der Waals surface area contributed by atoms with Gasteiger partial charge in [0.2, 0.25) is 5.91 Å². The monoisotopic (exact) mass is 267 g/mol. The zero-order valence-corrected chi connectivity index (χ0v) is 12.1. The average molecular weight is 267 g/mol. The van der Waals surface area contributed by atoms with Gasteiger partial charge in [0.05, 0.1) is 0 Å². The second kappa shape index (κ2) is 5.93. The smallest absolute Gasteiger partial charge is 0.328 e. The molecule has 0 radical (unpaired) electrons. The molecular formula is C15H25NO3. The lowest BCUT2D eigenvalue weighted by Gasteiger charge is -2.37. The van der Waals surface area contributed by atoms with Crippen LogP contribution in [-0.2, 0) is 14.3 Å². The van der Waals surface area contributed by atoms with Gasteiger partial charge >= 0.3 is 5.97 Å². The number of hydrogen-bond acceptors (Lipinski definition) is 3. The summed E-state index contributed by atoms with van der Waals surface area (Å²) in [5.74, 6) is 1.32. The molecule has 1 N–H and O–H groups in total. The summed E-state index contributed by atoms with van der Waals surface area (Å²) in [5, 5.41) is 2.69. The van der Waals surface area contributed by atoms with Crippen molar-refractivity contribution in [1.82, 2.24) is 5.32 Å². The number of amides is 1. The maximum atomic E-state index is 12.1. The molecule has 1 amide bonds. The van der Waals surface area contributed by atoms with Crippen LogP contribution in [0.15, 0.2) is 0 Å². The van der Waals surface area contributed by atoms with Gasteiger partial charge < -0.3 is 10.1 Å². The van der Waals surface area contributed by atoms with Crippen LogP contribution in [0.25, 0.3) is 0 Å². The van der Waals surface area contributed by atoms with E-state index in [1.54, 1.807) is 0 Å². The van der Waals surface area contributed by atoms with E-state index in [1.807, 2.05) is 0 Å². The van der Waals surface area contributed by atoms with Crippen molar-refractivity contribution in [3.63, 3.8) is 0 Å². The molecule has 2 rings (SSSR count). The molecule has 0 spiro atoms. The Morgan fingerprint density at radius 2 is 2.05 bits per heavy atom. The zero-order valence-electron chi connectivity index (χ0n) is 12.1. The summed E-state index contributed by atoms with van der Waals surface area (Å²) in [4.78, 5) is 23.3. The van der Waals surface area contributed by atoms with E-state index in [0.29, 0.717) is 30.6 Å². The average Bonchev–Trinajstić information content (AvgIpc) is 2.75. The largest absolute Gasteiger partial charge is 0.461 e. The Balaban J connectivity index is 1.94. The van der Waals surface area contributed by atoms with Crippen molar-refractivity contribution < 1.29 is 14.3 Å². The fourth-order valence-corrected chi connectivity index (χ4v) is 3.27. The number of esters is 1. The standard InChI is InChI=1S/C15H25NO3/c1-9(2)11-5-4-10(3)8-13(11)19-15(18)12-6-7-14(17)16-12/h9-13H,4-8H2,1-3H3,(H,16,17)/t10-,11+,12+,13-/m1/s1. The molecule has 1 saturated carbocycles. The predicted octanol–water partition coefficient (Wildman–Crippen LogP) is 2.27. The Labute approximate surface area is 115 Å². The Bertz CT molecular complexity index is 353. The molecule has 0 aromatic heterocycles. The van der Waals surface area contributed by atoms with Crippen molar-refractivity contribution in [1.29, 1.82) is 0 Å². The van der Waals surface area contributed by atoms with E-state index >= 15 is 0 Å². The van der Waals surface area contributed by atoms with Gasteiger partial charge in [-0.2, -0.15) is 0 Å². The first-order valence-corrected chi connectivity index (χ1v) is 7.47. The minimum atomic E-state index is -0.419. The molecule has 1 aliphatic heterocycles. The highest BCUT2D eigenvalue weighted by molar-refractivity contribution is 5.88. The molecule has 19 heavy (non-hydrogen) atoms. The van der Waals surface area contributed by atoms with E-state index in [9.17, 15) is 9.59 Å². The molecule has 1 heterocycles. The highest BCUT2D eigenvalue weighted by atomic mass is 16.5. The minimum Gasteiger partial charge on any atom is -0.461 e. The predicted molar refractivity (Wildman–Crippen MR) is 72.4 cm³/mol. The molecule has 1 saturated heterocycles. The van der Waals surface area contributed by atoms with E-state index < -0.39 is 6.04 Å². The summed E-state index contributed by atoms with van der Waals surface area (Å²) in [6.07, 6.45) is 4.34. The zero-order chi connectivity index (χ0) is 14.0. The lowest BCUT2D eigenvalue weighted by Crippen LogP contribution is -2.41. The van der Waals surface area contributed by atoms with Crippen molar-refractivity contribution in [2.24, 2.45) is 17.8 Å². The van der Waals surface area contributed by atoms with Crippen LogP contribution in [-0.4, -0.2) is 24.0 Å². The van der Waals surface area contributed by atoms with Crippen LogP contribution in [0.3, 0.4) is 0 Å². The van der Waals surface area contributed by atoms with E-state index in [0.717, 1.165) is 12.8 Å². The Morgan fingerprint density at radius 1 is 1.32 bits per heavy atom. The van der Waals surface area contributed by atoms with Crippen LogP contribution >= 0.6 is 0 Å².